The Bertz CT molecular complexity index is 686. The molecule has 9 heteroatoms. The predicted molar refractivity (Wildman–Crippen MR) is 81.8 cm³/mol. The van der Waals surface area contributed by atoms with Gasteiger partial charge in [-0.1, -0.05) is 0 Å². The first kappa shape index (κ1) is 14.8. The molecule has 0 bridgehead atoms. The van der Waals surface area contributed by atoms with Crippen LogP contribution in [-0.2, 0) is 4.74 Å². The fourth-order valence-electron chi connectivity index (χ4n) is 3.21. The highest BCUT2D eigenvalue weighted by atomic mass is 16.5. The van der Waals surface area contributed by atoms with Crippen molar-refractivity contribution in [2.24, 2.45) is 0 Å². The summed E-state index contributed by atoms with van der Waals surface area (Å²) >= 11 is 0. The van der Waals surface area contributed by atoms with Gasteiger partial charge in [-0.25, -0.2) is 15.0 Å². The first-order chi connectivity index (χ1) is 11.3. The normalized spacial score (nSPS) is 31.0. The molecule has 4 rings (SSSR count). The summed E-state index contributed by atoms with van der Waals surface area (Å²) in [6.07, 6.45) is 2.86. The third-order valence-corrected chi connectivity index (χ3v) is 4.40. The molecule has 2 aromatic rings. The number of anilines is 1. The van der Waals surface area contributed by atoms with Gasteiger partial charge in [-0.3, -0.25) is 4.57 Å². The van der Waals surface area contributed by atoms with E-state index in [0.717, 1.165) is 19.5 Å². The van der Waals surface area contributed by atoms with E-state index in [0.29, 0.717) is 29.4 Å². The maximum atomic E-state index is 10.2. The molecule has 124 valence electrons. The summed E-state index contributed by atoms with van der Waals surface area (Å²) in [6.45, 7) is 1.77. The van der Waals surface area contributed by atoms with E-state index >= 15 is 0 Å². The molecule has 0 amide bonds. The lowest BCUT2D eigenvalue weighted by Crippen LogP contribution is -2.23. The first-order valence-corrected chi connectivity index (χ1v) is 7.85. The van der Waals surface area contributed by atoms with E-state index in [1.165, 1.54) is 6.33 Å². The Kier molecular flexibility index (Phi) is 3.85. The van der Waals surface area contributed by atoms with E-state index in [-0.39, 0.29) is 12.7 Å². The van der Waals surface area contributed by atoms with Crippen molar-refractivity contribution in [3.05, 3.63) is 12.7 Å². The number of hydrogen-bond donors (Lipinski definition) is 4. The number of imidazole rings is 1. The van der Waals surface area contributed by atoms with Crippen molar-refractivity contribution < 1.29 is 14.9 Å². The van der Waals surface area contributed by atoms with Gasteiger partial charge in [0.25, 0.3) is 0 Å². The molecule has 0 aliphatic carbocycles. The minimum absolute atomic E-state index is 0.114. The van der Waals surface area contributed by atoms with Gasteiger partial charge < -0.3 is 25.6 Å². The second-order valence-corrected chi connectivity index (χ2v) is 6.01. The van der Waals surface area contributed by atoms with E-state index < -0.39 is 12.3 Å². The van der Waals surface area contributed by atoms with E-state index in [1.807, 2.05) is 0 Å². The van der Waals surface area contributed by atoms with Gasteiger partial charge in [0.1, 0.15) is 12.4 Å². The van der Waals surface area contributed by atoms with Crippen LogP contribution in [0.2, 0.25) is 0 Å². The van der Waals surface area contributed by atoms with E-state index in [4.69, 9.17) is 4.74 Å². The Hall–Kier alpha value is -1.81. The highest BCUT2D eigenvalue weighted by Crippen LogP contribution is 2.31. The molecule has 9 nitrogen and oxygen atoms in total. The van der Waals surface area contributed by atoms with Crippen LogP contribution in [0.25, 0.3) is 11.2 Å². The third-order valence-electron chi connectivity index (χ3n) is 4.40. The topological polar surface area (TPSA) is 117 Å². The van der Waals surface area contributed by atoms with Gasteiger partial charge in [-0.15, -0.1) is 0 Å². The van der Waals surface area contributed by atoms with Gasteiger partial charge in [-0.2, -0.15) is 0 Å². The summed E-state index contributed by atoms with van der Waals surface area (Å²) in [5.74, 6) is 0.689. The van der Waals surface area contributed by atoms with Crippen LogP contribution in [0.4, 0.5) is 5.82 Å². The molecule has 23 heavy (non-hydrogen) atoms. The summed E-state index contributed by atoms with van der Waals surface area (Å²) < 4.78 is 7.38. The third kappa shape index (κ3) is 2.65. The van der Waals surface area contributed by atoms with Crippen molar-refractivity contribution in [1.29, 1.82) is 0 Å². The van der Waals surface area contributed by atoms with Crippen molar-refractivity contribution >= 4 is 17.0 Å². The molecule has 2 aliphatic rings. The standard InChI is InChI=1S/C14H20N6O3/c21-5-9-3-10(22)14(23-9)20-7-18-11-12(16-6-17-13(11)20)19-8-1-2-15-4-8/h6-10,14-15,21-22H,1-5H2,(H,16,17,19)/t8-,9+,10-,14-/m1/s1. The fraction of sp³-hybridized carbons (Fsp3) is 0.643. The molecule has 2 aliphatic heterocycles. The van der Waals surface area contributed by atoms with Gasteiger partial charge in [-0.05, 0) is 13.0 Å². The molecule has 4 heterocycles. The highest BCUT2D eigenvalue weighted by Gasteiger charge is 2.36. The first-order valence-electron chi connectivity index (χ1n) is 7.85. The average Bonchev–Trinajstić information content (AvgIpc) is 3.27. The SMILES string of the molecule is OC[C@@H]1C[C@@H](O)[C@H](n2cnc3c(N[C@@H]4CCNC4)ncnc32)O1. The Morgan fingerprint density at radius 3 is 3.04 bits per heavy atom. The van der Waals surface area contributed by atoms with Crippen LogP contribution in [0.3, 0.4) is 0 Å². The molecular formula is C14H20N6O3. The van der Waals surface area contributed by atoms with Crippen LogP contribution in [0.15, 0.2) is 12.7 Å². The second kappa shape index (κ2) is 6.00. The lowest BCUT2D eigenvalue weighted by molar-refractivity contribution is -0.0486. The van der Waals surface area contributed by atoms with Crippen molar-refractivity contribution in [1.82, 2.24) is 24.8 Å². The van der Waals surface area contributed by atoms with Gasteiger partial charge in [0.2, 0.25) is 0 Å². The zero-order valence-electron chi connectivity index (χ0n) is 12.6. The molecule has 4 N–H and O–H groups in total. The van der Waals surface area contributed by atoms with Crippen LogP contribution < -0.4 is 10.6 Å². The summed E-state index contributed by atoms with van der Waals surface area (Å²) in [7, 11) is 0. The molecule has 4 atom stereocenters. The summed E-state index contributed by atoms with van der Waals surface area (Å²) in [5.41, 5.74) is 1.26. The number of rotatable bonds is 4. The summed E-state index contributed by atoms with van der Waals surface area (Å²) in [5, 5.41) is 26.1. The van der Waals surface area contributed by atoms with Crippen LogP contribution in [0.5, 0.6) is 0 Å². The second-order valence-electron chi connectivity index (χ2n) is 6.01. The Labute approximate surface area is 132 Å². The Morgan fingerprint density at radius 1 is 1.39 bits per heavy atom. The van der Waals surface area contributed by atoms with E-state index in [1.54, 1.807) is 10.9 Å². The van der Waals surface area contributed by atoms with Crippen LogP contribution in [0.1, 0.15) is 19.1 Å². The van der Waals surface area contributed by atoms with E-state index in [2.05, 4.69) is 25.6 Å². The van der Waals surface area contributed by atoms with Crippen molar-refractivity contribution in [3.63, 3.8) is 0 Å². The van der Waals surface area contributed by atoms with Gasteiger partial charge in [0.05, 0.1) is 19.0 Å². The minimum atomic E-state index is -0.699. The summed E-state index contributed by atoms with van der Waals surface area (Å²) in [4.78, 5) is 13.0. The smallest absolute Gasteiger partial charge is 0.167 e. The fourth-order valence-corrected chi connectivity index (χ4v) is 3.21. The maximum absolute atomic E-state index is 10.2. The lowest BCUT2D eigenvalue weighted by Gasteiger charge is -2.17. The molecule has 0 unspecified atom stereocenters. The van der Waals surface area contributed by atoms with Gasteiger partial charge in [0, 0.05) is 19.0 Å². The van der Waals surface area contributed by atoms with Gasteiger partial charge in [0.15, 0.2) is 23.2 Å². The highest BCUT2D eigenvalue weighted by molar-refractivity contribution is 5.82. The predicted octanol–water partition coefficient (Wildman–Crippen LogP) is -0.759. The van der Waals surface area contributed by atoms with Gasteiger partial charge >= 0.3 is 0 Å². The van der Waals surface area contributed by atoms with Crippen molar-refractivity contribution in [2.45, 2.75) is 37.3 Å². The lowest BCUT2D eigenvalue weighted by atomic mass is 10.2. The number of fused-ring (bicyclic) bond motifs is 1. The van der Waals surface area contributed by atoms with Crippen LogP contribution in [-0.4, -0.2) is 67.7 Å². The number of nitrogens with one attached hydrogen (secondary N) is 2. The summed E-state index contributed by atoms with van der Waals surface area (Å²) in [6, 6.07) is 0.324. The maximum Gasteiger partial charge on any atom is 0.167 e. The number of nitrogens with zero attached hydrogens (tertiary/aromatic N) is 4. The van der Waals surface area contributed by atoms with Crippen LogP contribution >= 0.6 is 0 Å². The number of ether oxygens (including phenoxy) is 1. The number of aromatic nitrogens is 4. The number of hydrogen-bond acceptors (Lipinski definition) is 8. The largest absolute Gasteiger partial charge is 0.394 e. The molecule has 0 saturated carbocycles. The molecule has 2 saturated heterocycles. The number of aliphatic hydroxyl groups excluding tert-OH is 2. The van der Waals surface area contributed by atoms with Crippen LogP contribution in [0, 0.1) is 0 Å². The monoisotopic (exact) mass is 320 g/mol. The molecule has 0 aromatic carbocycles. The number of aliphatic hydroxyl groups is 2. The zero-order chi connectivity index (χ0) is 15.8. The molecule has 0 radical (unpaired) electrons. The zero-order valence-corrected chi connectivity index (χ0v) is 12.6. The average molecular weight is 320 g/mol. The molecular weight excluding hydrogens is 300 g/mol. The van der Waals surface area contributed by atoms with Crippen molar-refractivity contribution in [2.75, 3.05) is 25.0 Å². The van der Waals surface area contributed by atoms with E-state index in [9.17, 15) is 10.2 Å². The Morgan fingerprint density at radius 2 is 2.30 bits per heavy atom. The van der Waals surface area contributed by atoms with Crippen molar-refractivity contribution in [3.8, 4) is 0 Å². The molecule has 2 fully saturated rings. The minimum Gasteiger partial charge on any atom is -0.394 e. The molecule has 0 spiro atoms. The molecule has 2 aromatic heterocycles. The quantitative estimate of drug-likeness (QED) is 0.581. The Balaban J connectivity index is 1.64.